The molecule has 0 aliphatic carbocycles. The highest BCUT2D eigenvalue weighted by molar-refractivity contribution is 7.90. The molecule has 0 radical (unpaired) electrons. The van der Waals surface area contributed by atoms with Crippen molar-refractivity contribution in [2.45, 2.75) is 19.4 Å². The van der Waals surface area contributed by atoms with E-state index in [4.69, 9.17) is 11.2 Å². The molecule has 2 unspecified atom stereocenters. The van der Waals surface area contributed by atoms with E-state index in [9.17, 15) is 9.36 Å². The first-order chi connectivity index (χ1) is 6.53. The normalized spacial score (nSPS) is 29.1. The Bertz CT molecular complexity index is 305. The molecule has 0 spiro atoms. The smallest absolute Gasteiger partial charge is 0.323 e. The SMILES string of the molecule is CCC(C(=O)OC)N1CC=CP1(=O)Cl. The number of ether oxygens (including phenoxy) is 1. The minimum Gasteiger partial charge on any atom is -0.468 e. The molecule has 0 saturated carbocycles. The van der Waals surface area contributed by atoms with Crippen LogP contribution in [0.25, 0.3) is 0 Å². The van der Waals surface area contributed by atoms with Crippen molar-refractivity contribution in [1.29, 1.82) is 0 Å². The van der Waals surface area contributed by atoms with Crippen LogP contribution < -0.4 is 0 Å². The number of rotatable bonds is 3. The zero-order valence-corrected chi connectivity index (χ0v) is 9.79. The Kier molecular flexibility index (Phi) is 3.76. The fourth-order valence-corrected chi connectivity index (χ4v) is 3.66. The van der Waals surface area contributed by atoms with Gasteiger partial charge in [-0.05, 0) is 17.7 Å². The number of esters is 1. The quantitative estimate of drug-likeness (QED) is 0.558. The minimum absolute atomic E-state index is 0.392. The Morgan fingerprint density at radius 2 is 2.43 bits per heavy atom. The number of carbonyl (C=O) groups is 1. The van der Waals surface area contributed by atoms with E-state index in [1.165, 1.54) is 17.6 Å². The third kappa shape index (κ3) is 2.19. The number of hydrogen-bond donors (Lipinski definition) is 0. The average molecular weight is 238 g/mol. The van der Waals surface area contributed by atoms with Crippen molar-refractivity contribution in [2.24, 2.45) is 0 Å². The Morgan fingerprint density at radius 3 is 2.79 bits per heavy atom. The fourth-order valence-electron chi connectivity index (χ4n) is 1.43. The van der Waals surface area contributed by atoms with Gasteiger partial charge in [-0.15, -0.1) is 0 Å². The van der Waals surface area contributed by atoms with E-state index in [0.717, 1.165) is 0 Å². The second-order valence-electron chi connectivity index (χ2n) is 3.00. The van der Waals surface area contributed by atoms with Crippen LogP contribution in [0.15, 0.2) is 11.9 Å². The number of hydrogen-bond acceptors (Lipinski definition) is 3. The lowest BCUT2D eigenvalue weighted by atomic mass is 10.2. The summed E-state index contributed by atoms with van der Waals surface area (Å²) in [5.74, 6) is 1.07. The molecule has 1 rings (SSSR count). The van der Waals surface area contributed by atoms with Crippen LogP contribution >= 0.6 is 17.9 Å². The van der Waals surface area contributed by atoms with Crippen molar-refractivity contribution in [3.63, 3.8) is 0 Å². The maximum Gasteiger partial charge on any atom is 0.323 e. The minimum atomic E-state index is -2.97. The van der Waals surface area contributed by atoms with E-state index in [1.54, 1.807) is 6.08 Å². The molecule has 4 nitrogen and oxygen atoms in total. The highest BCUT2D eigenvalue weighted by Crippen LogP contribution is 2.60. The van der Waals surface area contributed by atoms with Crippen molar-refractivity contribution in [3.05, 3.63) is 11.9 Å². The van der Waals surface area contributed by atoms with E-state index in [-0.39, 0.29) is 0 Å². The average Bonchev–Trinajstić information content (AvgIpc) is 2.47. The topological polar surface area (TPSA) is 46.6 Å². The van der Waals surface area contributed by atoms with E-state index < -0.39 is 18.7 Å². The zero-order valence-electron chi connectivity index (χ0n) is 8.14. The largest absolute Gasteiger partial charge is 0.468 e. The summed E-state index contributed by atoms with van der Waals surface area (Å²) in [7, 11) is 1.31. The van der Waals surface area contributed by atoms with Gasteiger partial charge in [0.2, 0.25) is 0 Å². The van der Waals surface area contributed by atoms with Gasteiger partial charge < -0.3 is 4.74 Å². The predicted molar refractivity (Wildman–Crippen MR) is 55.4 cm³/mol. The van der Waals surface area contributed by atoms with Crippen LogP contribution in [-0.4, -0.2) is 30.3 Å². The van der Waals surface area contributed by atoms with Crippen molar-refractivity contribution in [2.75, 3.05) is 13.7 Å². The van der Waals surface area contributed by atoms with E-state index >= 15 is 0 Å². The summed E-state index contributed by atoms with van der Waals surface area (Å²) >= 11 is 5.80. The molecule has 0 amide bonds. The monoisotopic (exact) mass is 237 g/mol. The number of methoxy groups -OCH3 is 1. The first kappa shape index (κ1) is 11.8. The van der Waals surface area contributed by atoms with Gasteiger partial charge in [0.05, 0.1) is 7.11 Å². The van der Waals surface area contributed by atoms with Gasteiger partial charge in [0, 0.05) is 12.4 Å². The number of carbonyl (C=O) groups excluding carboxylic acids is 1. The Morgan fingerprint density at radius 1 is 1.79 bits per heavy atom. The molecule has 0 aromatic rings. The van der Waals surface area contributed by atoms with Crippen LogP contribution in [0.2, 0.25) is 0 Å². The molecule has 0 bridgehead atoms. The molecular formula is C8H13ClNO3P. The third-order valence-corrected chi connectivity index (χ3v) is 4.79. The van der Waals surface area contributed by atoms with Crippen molar-refractivity contribution < 1.29 is 14.1 Å². The summed E-state index contributed by atoms with van der Waals surface area (Å²) in [6.07, 6.45) is 2.24. The summed E-state index contributed by atoms with van der Waals surface area (Å²) in [4.78, 5) is 11.3. The summed E-state index contributed by atoms with van der Waals surface area (Å²) in [6.45, 7) is -0.700. The van der Waals surface area contributed by atoms with E-state index in [1.807, 2.05) is 6.92 Å². The van der Waals surface area contributed by atoms with Crippen LogP contribution in [0.4, 0.5) is 0 Å². The summed E-state index contributed by atoms with van der Waals surface area (Å²) in [5, 5.41) is 0. The Balaban J connectivity index is 2.82. The van der Waals surface area contributed by atoms with Gasteiger partial charge >= 0.3 is 5.97 Å². The highest BCUT2D eigenvalue weighted by atomic mass is 35.7. The first-order valence-electron chi connectivity index (χ1n) is 4.35. The standard InChI is InChI=1S/C8H13ClNO3P/c1-3-7(8(11)13-2)10-5-4-6-14(10,9)12/h4,6-7H,3,5H2,1-2H3. The Hall–Kier alpha value is -0.310. The van der Waals surface area contributed by atoms with Crippen LogP contribution in [0.1, 0.15) is 13.3 Å². The van der Waals surface area contributed by atoms with Gasteiger partial charge in [-0.2, -0.15) is 0 Å². The summed E-state index contributed by atoms with van der Waals surface area (Å²) < 4.78 is 17.9. The molecule has 14 heavy (non-hydrogen) atoms. The predicted octanol–water partition coefficient (Wildman–Crippen LogP) is 2.20. The lowest BCUT2D eigenvalue weighted by molar-refractivity contribution is -0.145. The summed E-state index contributed by atoms with van der Waals surface area (Å²) in [5.41, 5.74) is 0. The van der Waals surface area contributed by atoms with Gasteiger partial charge in [0.15, 0.2) is 0 Å². The van der Waals surface area contributed by atoms with Gasteiger partial charge in [0.1, 0.15) is 6.04 Å². The highest BCUT2D eigenvalue weighted by Gasteiger charge is 2.37. The van der Waals surface area contributed by atoms with Crippen LogP contribution in [0, 0.1) is 0 Å². The molecule has 1 heterocycles. The number of halogens is 1. The van der Waals surface area contributed by atoms with Crippen molar-refractivity contribution >= 4 is 23.9 Å². The van der Waals surface area contributed by atoms with Gasteiger partial charge in [0.25, 0.3) is 6.65 Å². The lowest BCUT2D eigenvalue weighted by Gasteiger charge is -2.26. The van der Waals surface area contributed by atoms with Gasteiger partial charge in [-0.25, -0.2) is 4.67 Å². The van der Waals surface area contributed by atoms with Gasteiger partial charge in [-0.3, -0.25) is 9.36 Å². The van der Waals surface area contributed by atoms with E-state index in [2.05, 4.69) is 4.74 Å². The second kappa shape index (κ2) is 4.47. The maximum absolute atomic E-state index is 11.8. The van der Waals surface area contributed by atoms with Crippen molar-refractivity contribution in [1.82, 2.24) is 4.67 Å². The molecule has 2 atom stereocenters. The molecule has 1 aliphatic heterocycles. The van der Waals surface area contributed by atoms with Crippen molar-refractivity contribution in [3.8, 4) is 0 Å². The molecular weight excluding hydrogens is 225 g/mol. The lowest BCUT2D eigenvalue weighted by Crippen LogP contribution is -2.36. The Labute approximate surface area is 88.1 Å². The maximum atomic E-state index is 11.8. The van der Waals surface area contributed by atoms with E-state index in [0.29, 0.717) is 13.0 Å². The molecule has 0 aromatic heterocycles. The molecule has 1 aliphatic rings. The molecule has 0 fully saturated rings. The third-order valence-electron chi connectivity index (χ3n) is 2.15. The molecule has 0 aromatic carbocycles. The molecule has 80 valence electrons. The summed E-state index contributed by atoms with van der Waals surface area (Å²) in [6, 6.07) is -0.515. The molecule has 0 N–H and O–H groups in total. The molecule has 6 heteroatoms. The fraction of sp³-hybridized carbons (Fsp3) is 0.625. The first-order valence-corrected chi connectivity index (χ1v) is 6.98. The zero-order chi connectivity index (χ0) is 10.8. The van der Waals surface area contributed by atoms with Crippen LogP contribution in [0.3, 0.4) is 0 Å². The van der Waals surface area contributed by atoms with Crippen LogP contribution in [0.5, 0.6) is 0 Å². The van der Waals surface area contributed by atoms with Gasteiger partial charge in [-0.1, -0.05) is 13.0 Å². The molecule has 0 saturated heterocycles. The second-order valence-corrected chi connectivity index (χ2v) is 6.35. The number of nitrogens with zero attached hydrogens (tertiary/aromatic N) is 1. The van der Waals surface area contributed by atoms with Crippen LogP contribution in [-0.2, 0) is 14.1 Å².